The molecule has 2 aromatic rings. The molecule has 6 nitrogen and oxygen atoms in total. The first-order chi connectivity index (χ1) is 11.4. The fourth-order valence-electron chi connectivity index (χ4n) is 2.56. The molecule has 2 heterocycles. The SMILES string of the molecule is O=C(O)C1=C(O)C(=O)N(c2ccc(Cl)cn2)C1c1cccc(Br)c1. The number of hydrogen-bond acceptors (Lipinski definition) is 4. The zero-order valence-corrected chi connectivity index (χ0v) is 14.3. The Balaban J connectivity index is 2.18. The van der Waals surface area contributed by atoms with Crippen LogP contribution in [0.5, 0.6) is 0 Å². The van der Waals surface area contributed by atoms with Crippen LogP contribution in [0.4, 0.5) is 5.82 Å². The minimum atomic E-state index is -1.37. The highest BCUT2D eigenvalue weighted by molar-refractivity contribution is 9.10. The first kappa shape index (κ1) is 16.5. The van der Waals surface area contributed by atoms with Crippen LogP contribution in [-0.2, 0) is 9.59 Å². The molecule has 0 bridgehead atoms. The molecule has 0 saturated heterocycles. The molecule has 0 aliphatic carbocycles. The van der Waals surface area contributed by atoms with Crippen LogP contribution in [0, 0.1) is 0 Å². The predicted octanol–water partition coefficient (Wildman–Crippen LogP) is 3.48. The fourth-order valence-corrected chi connectivity index (χ4v) is 3.09. The standard InChI is InChI=1S/C16H10BrClN2O4/c17-9-3-1-2-8(6-9)13-12(16(23)24)14(21)15(22)20(13)11-5-4-10(18)7-19-11/h1-7,13,21H,(H,23,24). The minimum Gasteiger partial charge on any atom is -0.503 e. The Morgan fingerprint density at radius 2 is 2.04 bits per heavy atom. The van der Waals surface area contributed by atoms with E-state index in [0.29, 0.717) is 15.1 Å². The zero-order chi connectivity index (χ0) is 17.4. The van der Waals surface area contributed by atoms with E-state index in [-0.39, 0.29) is 5.82 Å². The second-order valence-corrected chi connectivity index (χ2v) is 6.39. The van der Waals surface area contributed by atoms with Crippen molar-refractivity contribution in [2.45, 2.75) is 6.04 Å². The van der Waals surface area contributed by atoms with Crippen LogP contribution in [-0.4, -0.2) is 27.1 Å². The Kier molecular flexibility index (Phi) is 4.29. The van der Waals surface area contributed by atoms with Crippen LogP contribution in [0.1, 0.15) is 11.6 Å². The number of aromatic nitrogens is 1. The highest BCUT2D eigenvalue weighted by atomic mass is 79.9. The summed E-state index contributed by atoms with van der Waals surface area (Å²) in [4.78, 5) is 29.3. The van der Waals surface area contributed by atoms with Crippen LogP contribution in [0.25, 0.3) is 0 Å². The number of nitrogens with zero attached hydrogens (tertiary/aromatic N) is 2. The predicted molar refractivity (Wildman–Crippen MR) is 90.9 cm³/mol. The molecule has 8 heteroatoms. The molecule has 1 aliphatic heterocycles. The summed E-state index contributed by atoms with van der Waals surface area (Å²) in [5.41, 5.74) is 0.130. The third-order valence-corrected chi connectivity index (χ3v) is 4.28. The third kappa shape index (κ3) is 2.76. The van der Waals surface area contributed by atoms with Gasteiger partial charge < -0.3 is 10.2 Å². The number of hydrogen-bond donors (Lipinski definition) is 2. The van der Waals surface area contributed by atoms with Gasteiger partial charge in [0.05, 0.1) is 5.02 Å². The smallest absolute Gasteiger partial charge is 0.338 e. The minimum absolute atomic E-state index is 0.192. The van der Waals surface area contributed by atoms with Gasteiger partial charge in [0.2, 0.25) is 0 Å². The molecule has 0 saturated carbocycles. The number of carbonyl (C=O) groups excluding carboxylic acids is 1. The number of amides is 1. The Morgan fingerprint density at radius 1 is 1.29 bits per heavy atom. The van der Waals surface area contributed by atoms with Gasteiger partial charge in [0.1, 0.15) is 17.4 Å². The molecule has 1 amide bonds. The van der Waals surface area contributed by atoms with Crippen molar-refractivity contribution in [2.75, 3.05) is 4.90 Å². The molecule has 1 unspecified atom stereocenters. The largest absolute Gasteiger partial charge is 0.503 e. The molecule has 0 spiro atoms. The Hall–Kier alpha value is -2.38. The summed E-state index contributed by atoms with van der Waals surface area (Å²) in [5, 5.41) is 19.9. The van der Waals surface area contributed by atoms with Crippen molar-refractivity contribution in [3.8, 4) is 0 Å². The topological polar surface area (TPSA) is 90.7 Å². The normalized spacial score (nSPS) is 17.5. The number of aliphatic carboxylic acids is 1. The summed E-state index contributed by atoms with van der Waals surface area (Å²) in [5.74, 6) is -2.81. The number of pyridine rings is 1. The van der Waals surface area contributed by atoms with Gasteiger partial charge in [0, 0.05) is 10.7 Å². The van der Waals surface area contributed by atoms with E-state index in [2.05, 4.69) is 20.9 Å². The quantitative estimate of drug-likeness (QED) is 0.810. The van der Waals surface area contributed by atoms with Gasteiger partial charge in [-0.05, 0) is 29.8 Å². The van der Waals surface area contributed by atoms with Crippen molar-refractivity contribution in [3.05, 3.63) is 69.0 Å². The number of carboxylic acids is 1. The highest BCUT2D eigenvalue weighted by Gasteiger charge is 2.45. The number of rotatable bonds is 3. The molecular formula is C16H10BrClN2O4. The summed E-state index contributed by atoms with van der Waals surface area (Å²) < 4.78 is 0.715. The van der Waals surface area contributed by atoms with Gasteiger partial charge in [0.25, 0.3) is 5.91 Å². The maximum absolute atomic E-state index is 12.4. The average molecular weight is 410 g/mol. The van der Waals surface area contributed by atoms with Crippen molar-refractivity contribution in [3.63, 3.8) is 0 Å². The Labute approximate surface area is 150 Å². The van der Waals surface area contributed by atoms with Gasteiger partial charge in [0.15, 0.2) is 5.76 Å². The lowest BCUT2D eigenvalue weighted by Crippen LogP contribution is -2.31. The molecule has 1 atom stereocenters. The molecule has 24 heavy (non-hydrogen) atoms. The van der Waals surface area contributed by atoms with E-state index in [1.54, 1.807) is 24.3 Å². The van der Waals surface area contributed by atoms with Crippen LogP contribution < -0.4 is 4.90 Å². The van der Waals surface area contributed by atoms with Crippen molar-refractivity contribution >= 4 is 45.2 Å². The first-order valence-corrected chi connectivity index (χ1v) is 7.94. The summed E-state index contributed by atoms with van der Waals surface area (Å²) >= 11 is 9.13. The number of carbonyl (C=O) groups is 2. The van der Waals surface area contributed by atoms with Gasteiger partial charge in [-0.3, -0.25) is 9.69 Å². The molecule has 1 aliphatic rings. The van der Waals surface area contributed by atoms with Crippen LogP contribution in [0.15, 0.2) is 58.4 Å². The lowest BCUT2D eigenvalue weighted by Gasteiger charge is -2.25. The summed E-state index contributed by atoms with van der Waals surface area (Å²) in [6.07, 6.45) is 1.35. The number of halogens is 2. The van der Waals surface area contributed by atoms with Crippen molar-refractivity contribution in [2.24, 2.45) is 0 Å². The molecule has 2 N–H and O–H groups in total. The van der Waals surface area contributed by atoms with Crippen LogP contribution in [0.3, 0.4) is 0 Å². The van der Waals surface area contributed by atoms with E-state index in [1.165, 1.54) is 18.3 Å². The molecule has 3 rings (SSSR count). The van der Waals surface area contributed by atoms with E-state index >= 15 is 0 Å². The lowest BCUT2D eigenvalue weighted by atomic mass is 9.99. The number of aliphatic hydroxyl groups is 1. The van der Waals surface area contributed by atoms with Gasteiger partial charge in [-0.2, -0.15) is 0 Å². The Bertz CT molecular complexity index is 867. The molecular weight excluding hydrogens is 400 g/mol. The van der Waals surface area contributed by atoms with E-state index in [4.69, 9.17) is 11.6 Å². The Morgan fingerprint density at radius 3 is 2.62 bits per heavy atom. The van der Waals surface area contributed by atoms with Crippen molar-refractivity contribution in [1.82, 2.24) is 4.98 Å². The maximum Gasteiger partial charge on any atom is 0.338 e. The van der Waals surface area contributed by atoms with Gasteiger partial charge in [-0.25, -0.2) is 9.78 Å². The number of aliphatic hydroxyl groups excluding tert-OH is 1. The average Bonchev–Trinajstić information content (AvgIpc) is 2.80. The summed E-state index contributed by atoms with van der Waals surface area (Å²) in [6.45, 7) is 0. The number of carboxylic acid groups (broad SMARTS) is 1. The van der Waals surface area contributed by atoms with Crippen molar-refractivity contribution < 1.29 is 19.8 Å². The first-order valence-electron chi connectivity index (χ1n) is 6.77. The highest BCUT2D eigenvalue weighted by Crippen LogP contribution is 2.40. The van der Waals surface area contributed by atoms with E-state index in [0.717, 1.165) is 4.90 Å². The zero-order valence-electron chi connectivity index (χ0n) is 12.0. The van der Waals surface area contributed by atoms with Gasteiger partial charge in [-0.1, -0.05) is 39.7 Å². The fraction of sp³-hybridized carbons (Fsp3) is 0.0625. The molecule has 1 aromatic heterocycles. The summed E-state index contributed by atoms with van der Waals surface area (Å²) in [6, 6.07) is 8.87. The van der Waals surface area contributed by atoms with Crippen LogP contribution >= 0.6 is 27.5 Å². The monoisotopic (exact) mass is 408 g/mol. The van der Waals surface area contributed by atoms with Crippen LogP contribution in [0.2, 0.25) is 5.02 Å². The molecule has 1 aromatic carbocycles. The molecule has 122 valence electrons. The molecule has 0 fully saturated rings. The number of benzene rings is 1. The maximum atomic E-state index is 12.4. The van der Waals surface area contributed by atoms with E-state index in [9.17, 15) is 19.8 Å². The second kappa shape index (κ2) is 6.26. The van der Waals surface area contributed by atoms with Gasteiger partial charge >= 0.3 is 5.97 Å². The van der Waals surface area contributed by atoms with Gasteiger partial charge in [-0.15, -0.1) is 0 Å². The summed E-state index contributed by atoms with van der Waals surface area (Å²) in [7, 11) is 0. The third-order valence-electron chi connectivity index (χ3n) is 3.56. The van der Waals surface area contributed by atoms with Crippen molar-refractivity contribution in [1.29, 1.82) is 0 Å². The molecule has 0 radical (unpaired) electrons. The van der Waals surface area contributed by atoms with E-state index in [1.807, 2.05) is 0 Å². The lowest BCUT2D eigenvalue weighted by molar-refractivity contribution is -0.133. The van der Waals surface area contributed by atoms with E-state index < -0.39 is 29.3 Å². The number of anilines is 1. The second-order valence-electron chi connectivity index (χ2n) is 5.03.